The Morgan fingerprint density at radius 2 is 0.929 bits per heavy atom. The number of rotatable bonds is 10. The zero-order valence-electron chi connectivity index (χ0n) is 23.2. The van der Waals surface area contributed by atoms with Crippen LogP contribution in [0, 0.1) is 6.16 Å². The van der Waals surface area contributed by atoms with Gasteiger partial charge in [-0.2, -0.15) is 6.42 Å². The maximum absolute atomic E-state index is 4.26. The van der Waals surface area contributed by atoms with Crippen molar-refractivity contribution in [2.75, 3.05) is 0 Å². The minimum atomic E-state index is -0.616. The molecule has 0 bridgehead atoms. The molecule has 0 heterocycles. The van der Waals surface area contributed by atoms with Crippen LogP contribution in [0.2, 0.25) is 0 Å². The number of fused-ring (bicyclic) bond motifs is 1. The van der Waals surface area contributed by atoms with Crippen LogP contribution < -0.4 is 21.2 Å². The average Bonchev–Trinajstić information content (AvgIpc) is 3.08. The van der Waals surface area contributed by atoms with E-state index in [1.165, 1.54) is 37.6 Å². The third-order valence-electron chi connectivity index (χ3n) is 7.38. The van der Waals surface area contributed by atoms with Crippen molar-refractivity contribution in [3.05, 3.63) is 176 Å². The standard InChI is InChI=1S/C38H33P2.ClH.Ni/c1-5-19-32(20-6-1)39(33-21-7-2-8-22-33)30-16-29-38(37-28-15-18-31-17-13-14-27-36(31)37)40(34-23-9-3-10-24-34)35-25-11-4-12-26-35;;/h1-15,17-28,30,38H,16,29H2;1H;/q-1;;+1/p-1. The predicted octanol–water partition coefficient (Wildman–Crippen LogP) is 9.78. The van der Waals surface area contributed by atoms with Gasteiger partial charge < -0.3 is 0 Å². The van der Waals surface area contributed by atoms with Crippen LogP contribution >= 0.6 is 26.0 Å². The number of hydrogen-bond donors (Lipinski definition) is 0. The van der Waals surface area contributed by atoms with E-state index in [0.717, 1.165) is 12.8 Å². The minimum absolute atomic E-state index is 0.394. The Labute approximate surface area is 265 Å². The summed E-state index contributed by atoms with van der Waals surface area (Å²) in [5, 5.41) is 8.41. The van der Waals surface area contributed by atoms with E-state index in [9.17, 15) is 0 Å². The van der Waals surface area contributed by atoms with Crippen LogP contribution in [-0.4, -0.2) is 0 Å². The van der Waals surface area contributed by atoms with Gasteiger partial charge in [0.25, 0.3) is 0 Å². The van der Waals surface area contributed by atoms with Crippen LogP contribution in [0.1, 0.15) is 24.1 Å². The second-order valence-corrected chi connectivity index (χ2v) is 14.5. The van der Waals surface area contributed by atoms with Gasteiger partial charge in [-0.25, -0.2) is 7.92 Å². The Bertz CT molecular complexity index is 1550. The second kappa shape index (κ2) is 16.2. The molecule has 0 saturated heterocycles. The van der Waals surface area contributed by atoms with Crippen molar-refractivity contribution in [3.63, 3.8) is 0 Å². The molecule has 42 heavy (non-hydrogen) atoms. The molecule has 6 aromatic carbocycles. The third-order valence-corrected chi connectivity index (χ3v) is 12.6. The first kappa shape index (κ1) is 30.7. The van der Waals surface area contributed by atoms with Crippen molar-refractivity contribution in [2.24, 2.45) is 0 Å². The summed E-state index contributed by atoms with van der Waals surface area (Å²) in [4.78, 5) is 0. The molecule has 6 aromatic rings. The molecule has 0 radical (unpaired) electrons. The smallest absolute Gasteiger partial charge is 0.0104 e. The first-order valence-electron chi connectivity index (χ1n) is 14.1. The number of halogens is 1. The van der Waals surface area contributed by atoms with Crippen LogP contribution in [0.25, 0.3) is 10.8 Å². The Hall–Kier alpha value is -2.78. The van der Waals surface area contributed by atoms with Gasteiger partial charge in [-0.05, 0) is 34.9 Å². The van der Waals surface area contributed by atoms with Crippen LogP contribution in [-0.2, 0) is 14.6 Å². The van der Waals surface area contributed by atoms with Gasteiger partial charge in [0.2, 0.25) is 0 Å². The maximum Gasteiger partial charge on any atom is 0.0104 e. The van der Waals surface area contributed by atoms with Gasteiger partial charge >= 0.3 is 24.8 Å². The van der Waals surface area contributed by atoms with Gasteiger partial charge in [0.15, 0.2) is 0 Å². The molecule has 0 saturated carbocycles. The molecule has 0 N–H and O–H groups in total. The largest absolute Gasteiger partial charge is 0.294 e. The molecule has 6 rings (SSSR count). The summed E-state index contributed by atoms with van der Waals surface area (Å²) in [6.45, 7) is 0. The average molecular weight is 646 g/mol. The summed E-state index contributed by atoms with van der Waals surface area (Å²) in [6, 6.07) is 60.3. The van der Waals surface area contributed by atoms with Gasteiger partial charge in [0, 0.05) is 5.66 Å². The van der Waals surface area contributed by atoms with Gasteiger partial charge in [0.05, 0.1) is 0 Å². The molecule has 0 amide bonds. The van der Waals surface area contributed by atoms with E-state index >= 15 is 0 Å². The third kappa shape index (κ3) is 7.59. The van der Waals surface area contributed by atoms with Crippen molar-refractivity contribution in [3.8, 4) is 0 Å². The van der Waals surface area contributed by atoms with Crippen LogP contribution in [0.15, 0.2) is 164 Å². The van der Waals surface area contributed by atoms with Gasteiger partial charge in [0.1, 0.15) is 0 Å². The monoisotopic (exact) mass is 644 g/mol. The van der Waals surface area contributed by atoms with Gasteiger partial charge in [-0.15, -0.1) is 0 Å². The van der Waals surface area contributed by atoms with E-state index in [4.69, 9.17) is 0 Å². The molecule has 0 aliphatic rings. The molecule has 0 aliphatic heterocycles. The van der Waals surface area contributed by atoms with Gasteiger partial charge in [-0.3, -0.25) is 6.16 Å². The van der Waals surface area contributed by atoms with Crippen molar-refractivity contribution >= 4 is 58.0 Å². The van der Waals surface area contributed by atoms with Crippen molar-refractivity contribution in [1.82, 2.24) is 0 Å². The van der Waals surface area contributed by atoms with Crippen molar-refractivity contribution in [2.45, 2.75) is 18.5 Å². The molecule has 0 aliphatic carbocycles. The summed E-state index contributed by atoms with van der Waals surface area (Å²) >= 11 is 3.35. The van der Waals surface area contributed by atoms with E-state index in [-0.39, 0.29) is 0 Å². The van der Waals surface area contributed by atoms with Crippen molar-refractivity contribution < 1.29 is 14.6 Å². The summed E-state index contributed by atoms with van der Waals surface area (Å²) in [7, 11) is 3.12. The van der Waals surface area contributed by atoms with E-state index in [0.29, 0.717) is 5.66 Å². The molecule has 0 nitrogen and oxygen atoms in total. The molecule has 213 valence electrons. The van der Waals surface area contributed by atoms with Crippen LogP contribution in [0.3, 0.4) is 0 Å². The zero-order valence-corrected chi connectivity index (χ0v) is 26.8. The molecule has 1 atom stereocenters. The first-order valence-corrected chi connectivity index (χ1v) is 18.3. The second-order valence-electron chi connectivity index (χ2n) is 9.93. The summed E-state index contributed by atoms with van der Waals surface area (Å²) in [5.41, 5.74) is 1.86. The Morgan fingerprint density at radius 1 is 0.500 bits per heavy atom. The molecule has 4 heteroatoms. The zero-order chi connectivity index (χ0) is 29.0. The van der Waals surface area contributed by atoms with E-state index < -0.39 is 15.8 Å². The summed E-state index contributed by atoms with van der Waals surface area (Å²) in [5.74, 6) is 0. The number of hydrogen-bond acceptors (Lipinski definition) is 0. The number of benzene rings is 6. The Morgan fingerprint density at radius 3 is 1.45 bits per heavy atom. The fourth-order valence-corrected chi connectivity index (χ4v) is 10.6. The summed E-state index contributed by atoms with van der Waals surface area (Å²) in [6.07, 6.45) is 4.77. The molecule has 0 fully saturated rings. The SMILES string of the molecule is [Cl][Ni].c1ccc(P([CH-]CCC(c2cccc3ccccc23)P(c2ccccc2)c2ccccc2)c2ccccc2)cc1. The normalized spacial score (nSPS) is 11.7. The molecular weight excluding hydrogens is 613 g/mol. The molecular formula is C38H33ClNiP2-. The topological polar surface area (TPSA) is 0 Å². The maximum atomic E-state index is 4.26. The molecule has 1 unspecified atom stereocenters. The Kier molecular flexibility index (Phi) is 11.8. The quantitative estimate of drug-likeness (QED) is 0.0791. The summed E-state index contributed by atoms with van der Waals surface area (Å²) < 4.78 is 0. The van der Waals surface area contributed by atoms with Crippen LogP contribution in [0.4, 0.5) is 0 Å². The minimum Gasteiger partial charge on any atom is -0.294 e. The van der Waals surface area contributed by atoms with E-state index in [1.807, 2.05) is 0 Å². The van der Waals surface area contributed by atoms with E-state index in [1.54, 1.807) is 0 Å². The van der Waals surface area contributed by atoms with E-state index in [2.05, 4.69) is 195 Å². The van der Waals surface area contributed by atoms with Gasteiger partial charge in [-0.1, -0.05) is 181 Å². The fraction of sp³-hybridized carbons (Fsp3) is 0.0789. The predicted molar refractivity (Wildman–Crippen MR) is 184 cm³/mol. The Balaban J connectivity index is 0.00000173. The first-order chi connectivity index (χ1) is 20.9. The van der Waals surface area contributed by atoms with Crippen LogP contribution in [0.5, 0.6) is 0 Å². The van der Waals surface area contributed by atoms with Crippen molar-refractivity contribution in [1.29, 1.82) is 0 Å². The molecule has 0 spiro atoms. The molecule has 0 aromatic heterocycles. The fourth-order valence-electron chi connectivity index (χ4n) is 5.55.